The first kappa shape index (κ1) is 16.0. The van der Waals surface area contributed by atoms with Crippen LogP contribution in [0.4, 0.5) is 0 Å². The lowest BCUT2D eigenvalue weighted by atomic mass is 9.99. The fraction of sp³-hybridized carbons (Fsp3) is 0.111. The van der Waals surface area contributed by atoms with Crippen LogP contribution >= 0.6 is 11.3 Å². The van der Waals surface area contributed by atoms with E-state index >= 15 is 0 Å². The summed E-state index contributed by atoms with van der Waals surface area (Å²) >= 11 is 1.53. The molecule has 122 valence electrons. The monoisotopic (exact) mass is 340 g/mol. The van der Waals surface area contributed by atoms with E-state index in [1.807, 2.05) is 47.8 Å². The van der Waals surface area contributed by atoms with Crippen LogP contribution < -0.4 is 9.47 Å². The molecule has 0 saturated heterocycles. The fourth-order valence-electron chi connectivity index (χ4n) is 2.37. The SMILES string of the molecule is COc1ccc(-c2c(C=NO)cccc2OCc2cscn2)cc1. The lowest BCUT2D eigenvalue weighted by Gasteiger charge is -2.14. The molecule has 1 heterocycles. The molecule has 0 aliphatic heterocycles. The minimum Gasteiger partial charge on any atom is -0.497 e. The van der Waals surface area contributed by atoms with Crippen molar-refractivity contribution in [3.63, 3.8) is 0 Å². The molecule has 0 radical (unpaired) electrons. The van der Waals surface area contributed by atoms with Crippen molar-refractivity contribution in [2.45, 2.75) is 6.61 Å². The highest BCUT2D eigenvalue weighted by atomic mass is 32.1. The van der Waals surface area contributed by atoms with E-state index in [4.69, 9.17) is 14.7 Å². The first-order valence-electron chi connectivity index (χ1n) is 7.26. The lowest BCUT2D eigenvalue weighted by molar-refractivity contribution is 0.303. The predicted octanol–water partition coefficient (Wildman–Crippen LogP) is 4.21. The molecule has 0 unspecified atom stereocenters. The number of methoxy groups -OCH3 is 1. The van der Waals surface area contributed by atoms with Crippen molar-refractivity contribution in [2.75, 3.05) is 7.11 Å². The van der Waals surface area contributed by atoms with Crippen LogP contribution in [0.2, 0.25) is 0 Å². The summed E-state index contributed by atoms with van der Waals surface area (Å²) in [5, 5.41) is 14.1. The third-order valence-corrected chi connectivity index (χ3v) is 4.13. The number of nitrogens with zero attached hydrogens (tertiary/aromatic N) is 2. The standard InChI is InChI=1S/C18H16N2O3S/c1-22-16-7-5-13(6-8-16)18-14(9-20-21)3-2-4-17(18)23-10-15-11-24-12-19-15/h2-9,11-12,21H,10H2,1H3. The number of aromatic nitrogens is 1. The number of thiazole rings is 1. The third-order valence-electron chi connectivity index (χ3n) is 3.49. The van der Waals surface area contributed by atoms with E-state index in [-0.39, 0.29) is 0 Å². The smallest absolute Gasteiger partial charge is 0.131 e. The topological polar surface area (TPSA) is 63.9 Å². The second kappa shape index (κ2) is 7.61. The molecular weight excluding hydrogens is 324 g/mol. The summed E-state index contributed by atoms with van der Waals surface area (Å²) in [4.78, 5) is 4.23. The molecule has 3 rings (SSSR count). The molecule has 0 aliphatic carbocycles. The average molecular weight is 340 g/mol. The van der Waals surface area contributed by atoms with Gasteiger partial charge in [-0.3, -0.25) is 0 Å². The molecule has 3 aromatic rings. The Hall–Kier alpha value is -2.86. The molecule has 0 amide bonds. The summed E-state index contributed by atoms with van der Waals surface area (Å²) in [6.07, 6.45) is 1.40. The van der Waals surface area contributed by atoms with Crippen molar-refractivity contribution in [3.8, 4) is 22.6 Å². The molecule has 0 bridgehead atoms. The highest BCUT2D eigenvalue weighted by Gasteiger charge is 2.12. The maximum absolute atomic E-state index is 8.94. The first-order valence-corrected chi connectivity index (χ1v) is 8.21. The van der Waals surface area contributed by atoms with Gasteiger partial charge in [0.05, 0.1) is 24.5 Å². The normalized spacial score (nSPS) is 10.9. The van der Waals surface area contributed by atoms with Gasteiger partial charge < -0.3 is 14.7 Å². The van der Waals surface area contributed by atoms with Gasteiger partial charge >= 0.3 is 0 Å². The second-order valence-electron chi connectivity index (χ2n) is 4.96. The van der Waals surface area contributed by atoms with Gasteiger partial charge in [-0.1, -0.05) is 29.4 Å². The van der Waals surface area contributed by atoms with Gasteiger partial charge in [0.2, 0.25) is 0 Å². The summed E-state index contributed by atoms with van der Waals surface area (Å²) in [7, 11) is 1.63. The molecule has 1 aromatic heterocycles. The molecular formula is C18H16N2O3S. The molecule has 2 aromatic carbocycles. The maximum Gasteiger partial charge on any atom is 0.131 e. The quantitative estimate of drug-likeness (QED) is 0.415. The Morgan fingerprint density at radius 1 is 1.21 bits per heavy atom. The Bertz CT molecular complexity index is 815. The van der Waals surface area contributed by atoms with E-state index in [0.29, 0.717) is 12.4 Å². The average Bonchev–Trinajstić information content (AvgIpc) is 3.14. The Morgan fingerprint density at radius 2 is 2.04 bits per heavy atom. The van der Waals surface area contributed by atoms with Crippen molar-refractivity contribution in [1.29, 1.82) is 0 Å². The molecule has 1 N–H and O–H groups in total. The minimum atomic E-state index is 0.381. The summed E-state index contributed by atoms with van der Waals surface area (Å²) < 4.78 is 11.2. The Labute approximate surface area is 143 Å². The number of hydrogen-bond donors (Lipinski definition) is 1. The third kappa shape index (κ3) is 3.55. The van der Waals surface area contributed by atoms with Crippen molar-refractivity contribution in [3.05, 3.63) is 64.6 Å². The first-order chi connectivity index (χ1) is 11.8. The molecule has 24 heavy (non-hydrogen) atoms. The highest BCUT2D eigenvalue weighted by Crippen LogP contribution is 2.34. The molecule has 0 atom stereocenters. The molecule has 6 heteroatoms. The molecule has 0 aliphatic rings. The number of benzene rings is 2. The van der Waals surface area contributed by atoms with Crippen molar-refractivity contribution < 1.29 is 14.7 Å². The van der Waals surface area contributed by atoms with Crippen LogP contribution in [0.1, 0.15) is 11.3 Å². The van der Waals surface area contributed by atoms with E-state index in [9.17, 15) is 0 Å². The lowest BCUT2D eigenvalue weighted by Crippen LogP contribution is -1.99. The molecule has 0 fully saturated rings. The highest BCUT2D eigenvalue weighted by molar-refractivity contribution is 7.07. The summed E-state index contributed by atoms with van der Waals surface area (Å²) in [6, 6.07) is 13.3. The zero-order valence-corrected chi connectivity index (χ0v) is 13.9. The van der Waals surface area contributed by atoms with Crippen LogP contribution in [-0.4, -0.2) is 23.5 Å². The number of ether oxygens (including phenoxy) is 2. The minimum absolute atomic E-state index is 0.381. The number of oxime groups is 1. The summed E-state index contributed by atoms with van der Waals surface area (Å²) in [5.41, 5.74) is 5.21. The van der Waals surface area contributed by atoms with Gasteiger partial charge in [0.25, 0.3) is 0 Å². The van der Waals surface area contributed by atoms with E-state index in [0.717, 1.165) is 28.1 Å². The summed E-state index contributed by atoms with van der Waals surface area (Å²) in [6.45, 7) is 0.381. The zero-order chi connectivity index (χ0) is 16.8. The van der Waals surface area contributed by atoms with E-state index in [1.54, 1.807) is 12.6 Å². The van der Waals surface area contributed by atoms with E-state index in [1.165, 1.54) is 17.6 Å². The van der Waals surface area contributed by atoms with Crippen LogP contribution in [-0.2, 0) is 6.61 Å². The van der Waals surface area contributed by atoms with Gasteiger partial charge in [0, 0.05) is 16.5 Å². The van der Waals surface area contributed by atoms with Gasteiger partial charge in [-0.2, -0.15) is 0 Å². The number of rotatable bonds is 6. The fourth-order valence-corrected chi connectivity index (χ4v) is 2.91. The molecule has 0 spiro atoms. The van der Waals surface area contributed by atoms with E-state index < -0.39 is 0 Å². The van der Waals surface area contributed by atoms with Crippen LogP contribution in [0.25, 0.3) is 11.1 Å². The van der Waals surface area contributed by atoms with Gasteiger partial charge in [-0.15, -0.1) is 11.3 Å². The second-order valence-corrected chi connectivity index (χ2v) is 5.68. The number of hydrogen-bond acceptors (Lipinski definition) is 6. The van der Waals surface area contributed by atoms with Gasteiger partial charge in [-0.05, 0) is 23.8 Å². The Kier molecular flexibility index (Phi) is 5.08. The molecule has 0 saturated carbocycles. The Balaban J connectivity index is 1.99. The van der Waals surface area contributed by atoms with Crippen molar-refractivity contribution >= 4 is 17.6 Å². The summed E-state index contributed by atoms with van der Waals surface area (Å²) in [5.74, 6) is 1.47. The van der Waals surface area contributed by atoms with Crippen molar-refractivity contribution in [2.24, 2.45) is 5.16 Å². The van der Waals surface area contributed by atoms with Crippen LogP contribution in [0, 0.1) is 0 Å². The van der Waals surface area contributed by atoms with Crippen molar-refractivity contribution in [1.82, 2.24) is 4.98 Å². The maximum atomic E-state index is 8.94. The zero-order valence-electron chi connectivity index (χ0n) is 13.0. The van der Waals surface area contributed by atoms with Gasteiger partial charge in [0.1, 0.15) is 18.1 Å². The predicted molar refractivity (Wildman–Crippen MR) is 94.3 cm³/mol. The van der Waals surface area contributed by atoms with Crippen LogP contribution in [0.5, 0.6) is 11.5 Å². The van der Waals surface area contributed by atoms with Gasteiger partial charge in [0.15, 0.2) is 0 Å². The van der Waals surface area contributed by atoms with E-state index in [2.05, 4.69) is 10.1 Å². The van der Waals surface area contributed by atoms with Crippen LogP contribution in [0.15, 0.2) is 58.5 Å². The Morgan fingerprint density at radius 3 is 2.71 bits per heavy atom. The molecule has 5 nitrogen and oxygen atoms in total. The van der Waals surface area contributed by atoms with Gasteiger partial charge in [-0.25, -0.2) is 4.98 Å². The largest absolute Gasteiger partial charge is 0.497 e. The van der Waals surface area contributed by atoms with Crippen LogP contribution in [0.3, 0.4) is 0 Å².